The van der Waals surface area contributed by atoms with Gasteiger partial charge < -0.3 is 15.1 Å². The first kappa shape index (κ1) is 11.1. The fourth-order valence-electron chi connectivity index (χ4n) is 2.52. The van der Waals surface area contributed by atoms with E-state index in [0.717, 1.165) is 43.1 Å². The molecule has 2 N–H and O–H groups in total. The summed E-state index contributed by atoms with van der Waals surface area (Å²) in [4.78, 5) is 6.62. The highest BCUT2D eigenvalue weighted by molar-refractivity contribution is 5.61. The summed E-state index contributed by atoms with van der Waals surface area (Å²) in [6.07, 6.45) is 3.78. The monoisotopic (exact) mass is 243 g/mol. The van der Waals surface area contributed by atoms with Gasteiger partial charge in [-0.3, -0.25) is 0 Å². The SMILES string of the molecule is Cc1ocnc1CN1CCCc2cc(N)ccc21. The largest absolute Gasteiger partial charge is 0.448 e. The Morgan fingerprint density at radius 1 is 1.44 bits per heavy atom. The molecule has 0 bridgehead atoms. The number of nitrogen functional groups attached to an aromatic ring is 1. The van der Waals surface area contributed by atoms with E-state index in [1.807, 2.05) is 13.0 Å². The van der Waals surface area contributed by atoms with Gasteiger partial charge in [-0.2, -0.15) is 0 Å². The van der Waals surface area contributed by atoms with E-state index in [9.17, 15) is 0 Å². The summed E-state index contributed by atoms with van der Waals surface area (Å²) in [7, 11) is 0. The summed E-state index contributed by atoms with van der Waals surface area (Å²) >= 11 is 0. The number of anilines is 2. The highest BCUT2D eigenvalue weighted by Crippen LogP contribution is 2.30. The fraction of sp³-hybridized carbons (Fsp3) is 0.357. The molecular formula is C14H17N3O. The van der Waals surface area contributed by atoms with Crippen molar-refractivity contribution in [1.82, 2.24) is 4.98 Å². The molecule has 94 valence electrons. The van der Waals surface area contributed by atoms with Crippen molar-refractivity contribution in [2.75, 3.05) is 17.2 Å². The minimum atomic E-state index is 0.805. The lowest BCUT2D eigenvalue weighted by atomic mass is 10.0. The van der Waals surface area contributed by atoms with Gasteiger partial charge in [0, 0.05) is 17.9 Å². The van der Waals surface area contributed by atoms with Gasteiger partial charge in [-0.05, 0) is 43.5 Å². The lowest BCUT2D eigenvalue weighted by Crippen LogP contribution is -2.29. The maximum absolute atomic E-state index is 5.84. The van der Waals surface area contributed by atoms with Crippen LogP contribution < -0.4 is 10.6 Å². The molecule has 1 aliphatic heterocycles. The maximum Gasteiger partial charge on any atom is 0.181 e. The molecule has 0 amide bonds. The first-order chi connectivity index (χ1) is 8.74. The van der Waals surface area contributed by atoms with Crippen LogP contribution in [0.25, 0.3) is 0 Å². The van der Waals surface area contributed by atoms with Crippen LogP contribution in [0.15, 0.2) is 29.0 Å². The average molecular weight is 243 g/mol. The van der Waals surface area contributed by atoms with Crippen molar-refractivity contribution < 1.29 is 4.42 Å². The Morgan fingerprint density at radius 3 is 3.11 bits per heavy atom. The number of hydrogen-bond donors (Lipinski definition) is 1. The number of fused-ring (bicyclic) bond motifs is 1. The Hall–Kier alpha value is -1.97. The van der Waals surface area contributed by atoms with Crippen LogP contribution in [0.1, 0.15) is 23.4 Å². The molecule has 2 aromatic rings. The van der Waals surface area contributed by atoms with Crippen molar-refractivity contribution >= 4 is 11.4 Å². The number of rotatable bonds is 2. The van der Waals surface area contributed by atoms with Crippen molar-refractivity contribution in [3.63, 3.8) is 0 Å². The summed E-state index contributed by atoms with van der Waals surface area (Å²) in [6, 6.07) is 6.16. The zero-order chi connectivity index (χ0) is 12.5. The predicted octanol–water partition coefficient (Wildman–Crippen LogP) is 2.52. The van der Waals surface area contributed by atoms with Crippen LogP contribution in [-0.2, 0) is 13.0 Å². The molecule has 0 aliphatic carbocycles. The zero-order valence-corrected chi connectivity index (χ0v) is 10.5. The van der Waals surface area contributed by atoms with E-state index < -0.39 is 0 Å². The minimum Gasteiger partial charge on any atom is -0.448 e. The van der Waals surface area contributed by atoms with Gasteiger partial charge in [-0.1, -0.05) is 0 Å². The van der Waals surface area contributed by atoms with Crippen LogP contribution in [0.5, 0.6) is 0 Å². The molecule has 0 saturated carbocycles. The van der Waals surface area contributed by atoms with Crippen LogP contribution in [0, 0.1) is 6.92 Å². The van der Waals surface area contributed by atoms with Crippen molar-refractivity contribution in [2.45, 2.75) is 26.3 Å². The second kappa shape index (κ2) is 4.37. The third-order valence-corrected chi connectivity index (χ3v) is 3.50. The molecule has 1 aliphatic rings. The van der Waals surface area contributed by atoms with Gasteiger partial charge in [-0.25, -0.2) is 4.98 Å². The third kappa shape index (κ3) is 1.94. The van der Waals surface area contributed by atoms with Gasteiger partial charge in [0.15, 0.2) is 6.39 Å². The molecule has 3 rings (SSSR count). The summed E-state index contributed by atoms with van der Waals surface area (Å²) in [6.45, 7) is 3.82. The van der Waals surface area contributed by atoms with Gasteiger partial charge in [0.25, 0.3) is 0 Å². The van der Waals surface area contributed by atoms with Crippen molar-refractivity contribution in [1.29, 1.82) is 0 Å². The van der Waals surface area contributed by atoms with E-state index in [1.165, 1.54) is 17.6 Å². The van der Waals surface area contributed by atoms with Crippen molar-refractivity contribution in [2.24, 2.45) is 0 Å². The molecule has 0 fully saturated rings. The molecular weight excluding hydrogens is 226 g/mol. The van der Waals surface area contributed by atoms with E-state index in [4.69, 9.17) is 10.2 Å². The summed E-state index contributed by atoms with van der Waals surface area (Å²) in [5, 5.41) is 0. The van der Waals surface area contributed by atoms with Gasteiger partial charge >= 0.3 is 0 Å². The molecule has 2 heterocycles. The second-order valence-electron chi connectivity index (χ2n) is 4.77. The Morgan fingerprint density at radius 2 is 2.33 bits per heavy atom. The molecule has 1 aromatic carbocycles. The van der Waals surface area contributed by atoms with E-state index in [1.54, 1.807) is 0 Å². The molecule has 0 unspecified atom stereocenters. The standard InChI is InChI=1S/C14H17N3O/c1-10-13(16-9-18-10)8-17-6-2-3-11-7-12(15)4-5-14(11)17/h4-5,7,9H,2-3,6,8,15H2,1H3. The fourth-order valence-corrected chi connectivity index (χ4v) is 2.52. The highest BCUT2D eigenvalue weighted by atomic mass is 16.3. The third-order valence-electron chi connectivity index (χ3n) is 3.50. The van der Waals surface area contributed by atoms with Crippen LogP contribution in [-0.4, -0.2) is 11.5 Å². The highest BCUT2D eigenvalue weighted by Gasteiger charge is 2.18. The van der Waals surface area contributed by atoms with Crippen LogP contribution in [0.2, 0.25) is 0 Å². The van der Waals surface area contributed by atoms with Gasteiger partial charge in [0.1, 0.15) is 11.5 Å². The minimum absolute atomic E-state index is 0.805. The van der Waals surface area contributed by atoms with Crippen LogP contribution in [0.3, 0.4) is 0 Å². The average Bonchev–Trinajstić information content (AvgIpc) is 2.75. The molecule has 18 heavy (non-hydrogen) atoms. The molecule has 0 spiro atoms. The van der Waals surface area contributed by atoms with E-state index in [0.29, 0.717) is 0 Å². The number of nitrogens with zero attached hydrogens (tertiary/aromatic N) is 2. The Kier molecular flexibility index (Phi) is 2.70. The molecule has 0 radical (unpaired) electrons. The van der Waals surface area contributed by atoms with Crippen LogP contribution in [0.4, 0.5) is 11.4 Å². The van der Waals surface area contributed by atoms with Crippen LogP contribution >= 0.6 is 0 Å². The first-order valence-electron chi connectivity index (χ1n) is 6.26. The normalized spacial score (nSPS) is 14.6. The Labute approximate surface area is 106 Å². The molecule has 1 aromatic heterocycles. The molecule has 4 nitrogen and oxygen atoms in total. The lowest BCUT2D eigenvalue weighted by Gasteiger charge is -2.31. The smallest absolute Gasteiger partial charge is 0.181 e. The topological polar surface area (TPSA) is 55.3 Å². The maximum atomic E-state index is 5.84. The zero-order valence-electron chi connectivity index (χ0n) is 10.5. The summed E-state index contributed by atoms with van der Waals surface area (Å²) in [5.74, 6) is 0.901. The van der Waals surface area contributed by atoms with Gasteiger partial charge in [0.05, 0.1) is 6.54 Å². The first-order valence-corrected chi connectivity index (χ1v) is 6.26. The second-order valence-corrected chi connectivity index (χ2v) is 4.77. The summed E-state index contributed by atoms with van der Waals surface area (Å²) < 4.78 is 5.26. The quantitative estimate of drug-likeness (QED) is 0.823. The predicted molar refractivity (Wildman–Crippen MR) is 71.5 cm³/mol. The number of nitrogens with two attached hydrogens (primary N) is 1. The van der Waals surface area contributed by atoms with E-state index in [2.05, 4.69) is 22.0 Å². The number of hydrogen-bond acceptors (Lipinski definition) is 4. The molecule has 4 heteroatoms. The molecule has 0 saturated heterocycles. The Balaban J connectivity index is 1.90. The number of aromatic nitrogens is 1. The Bertz CT molecular complexity index is 562. The number of oxazole rings is 1. The van der Waals surface area contributed by atoms with Gasteiger partial charge in [-0.15, -0.1) is 0 Å². The number of benzene rings is 1. The van der Waals surface area contributed by atoms with Crippen molar-refractivity contribution in [3.05, 3.63) is 41.6 Å². The summed E-state index contributed by atoms with van der Waals surface area (Å²) in [5.41, 5.74) is 10.3. The van der Waals surface area contributed by atoms with E-state index >= 15 is 0 Å². The van der Waals surface area contributed by atoms with Crippen molar-refractivity contribution in [3.8, 4) is 0 Å². The number of aryl methyl sites for hydroxylation is 2. The molecule has 0 atom stereocenters. The lowest BCUT2D eigenvalue weighted by molar-refractivity contribution is 0.523. The van der Waals surface area contributed by atoms with E-state index in [-0.39, 0.29) is 0 Å². The van der Waals surface area contributed by atoms with Gasteiger partial charge in [0.2, 0.25) is 0 Å².